The van der Waals surface area contributed by atoms with E-state index in [1.807, 2.05) is 0 Å². The molecule has 0 heterocycles. The molecule has 2 nitrogen and oxygen atoms in total. The number of carbonyl (C=O) groups is 2. The minimum Gasteiger partial charge on any atom is -0.302 e. The molecule has 0 aromatic rings. The minimum absolute atomic E-state index is 0.454. The summed E-state index contributed by atoms with van der Waals surface area (Å²) in [5.74, 6) is 0.454. The molecule has 0 rings (SSSR count). The second-order valence-corrected chi connectivity index (χ2v) is 3.84. The van der Waals surface area contributed by atoms with Gasteiger partial charge in [-0.05, 0) is 19.3 Å². The van der Waals surface area contributed by atoms with Crippen LogP contribution in [-0.2, 0) is 9.59 Å². The summed E-state index contributed by atoms with van der Waals surface area (Å²) in [7, 11) is 0. The Morgan fingerprint density at radius 3 is 2.17 bits per heavy atom. The van der Waals surface area contributed by atoms with Crippen LogP contribution in [0.4, 0.5) is 0 Å². The zero-order valence-electron chi connectivity index (χ0n) is 8.17. The van der Waals surface area contributed by atoms with Crippen LogP contribution in [0.2, 0.25) is 0 Å². The van der Waals surface area contributed by atoms with E-state index in [9.17, 15) is 9.59 Å². The first kappa shape index (κ1) is 11.3. The SMILES string of the molecule is CCC[C@@H](C)CC(C)(C=O)C=O. The molecule has 0 aromatic heterocycles. The topological polar surface area (TPSA) is 34.1 Å². The van der Waals surface area contributed by atoms with Gasteiger partial charge in [-0.2, -0.15) is 0 Å². The Labute approximate surface area is 74.3 Å². The van der Waals surface area contributed by atoms with Gasteiger partial charge in [0.15, 0.2) is 0 Å². The molecule has 2 heteroatoms. The number of carbonyl (C=O) groups excluding carboxylic acids is 2. The average Bonchev–Trinajstić information content (AvgIpc) is 2.05. The van der Waals surface area contributed by atoms with E-state index in [4.69, 9.17) is 0 Å². The van der Waals surface area contributed by atoms with Crippen molar-refractivity contribution in [2.24, 2.45) is 11.3 Å². The molecular weight excluding hydrogens is 152 g/mol. The summed E-state index contributed by atoms with van der Waals surface area (Å²) >= 11 is 0. The Balaban J connectivity index is 4.01. The van der Waals surface area contributed by atoms with Crippen LogP contribution in [0.15, 0.2) is 0 Å². The van der Waals surface area contributed by atoms with Gasteiger partial charge in [0.2, 0.25) is 0 Å². The summed E-state index contributed by atoms with van der Waals surface area (Å²) in [6.45, 7) is 5.88. The van der Waals surface area contributed by atoms with Gasteiger partial charge in [-0.25, -0.2) is 0 Å². The van der Waals surface area contributed by atoms with Crippen molar-refractivity contribution in [3.63, 3.8) is 0 Å². The predicted molar refractivity (Wildman–Crippen MR) is 48.9 cm³/mol. The summed E-state index contributed by atoms with van der Waals surface area (Å²) in [4.78, 5) is 21.1. The van der Waals surface area contributed by atoms with Gasteiger partial charge < -0.3 is 9.59 Å². The maximum atomic E-state index is 10.6. The molecule has 0 bridgehead atoms. The van der Waals surface area contributed by atoms with Crippen LogP contribution in [0.3, 0.4) is 0 Å². The summed E-state index contributed by atoms with van der Waals surface area (Å²) in [6, 6.07) is 0. The molecule has 70 valence electrons. The fourth-order valence-corrected chi connectivity index (χ4v) is 1.47. The summed E-state index contributed by atoms with van der Waals surface area (Å²) < 4.78 is 0. The lowest BCUT2D eigenvalue weighted by molar-refractivity contribution is -0.126. The van der Waals surface area contributed by atoms with Gasteiger partial charge >= 0.3 is 0 Å². The Hall–Kier alpha value is -0.660. The van der Waals surface area contributed by atoms with E-state index in [0.29, 0.717) is 12.3 Å². The molecule has 0 aromatic carbocycles. The van der Waals surface area contributed by atoms with E-state index >= 15 is 0 Å². The normalized spacial score (nSPS) is 13.9. The van der Waals surface area contributed by atoms with E-state index in [2.05, 4.69) is 13.8 Å². The monoisotopic (exact) mass is 170 g/mol. The van der Waals surface area contributed by atoms with Gasteiger partial charge in [0, 0.05) is 0 Å². The standard InChI is InChI=1S/C10H18O2/c1-4-5-9(2)6-10(3,7-11)8-12/h7-9H,4-6H2,1-3H3/t9-/m1/s1. The van der Waals surface area contributed by atoms with Crippen molar-refractivity contribution < 1.29 is 9.59 Å². The van der Waals surface area contributed by atoms with Crippen molar-refractivity contribution in [3.8, 4) is 0 Å². The van der Waals surface area contributed by atoms with Crippen molar-refractivity contribution in [2.75, 3.05) is 0 Å². The highest BCUT2D eigenvalue weighted by Gasteiger charge is 2.24. The first-order valence-corrected chi connectivity index (χ1v) is 4.50. The molecule has 0 spiro atoms. The summed E-state index contributed by atoms with van der Waals surface area (Å²) in [6.07, 6.45) is 4.37. The summed E-state index contributed by atoms with van der Waals surface area (Å²) in [5, 5.41) is 0. The molecular formula is C10H18O2. The van der Waals surface area contributed by atoms with Gasteiger partial charge in [-0.1, -0.05) is 26.7 Å². The molecule has 0 aliphatic carbocycles. The van der Waals surface area contributed by atoms with E-state index in [1.165, 1.54) is 0 Å². The lowest BCUT2D eigenvalue weighted by Crippen LogP contribution is -2.22. The maximum Gasteiger partial charge on any atom is 0.132 e. The smallest absolute Gasteiger partial charge is 0.132 e. The molecule has 0 N–H and O–H groups in total. The zero-order valence-corrected chi connectivity index (χ0v) is 8.17. The molecule has 0 saturated carbocycles. The fraction of sp³-hybridized carbons (Fsp3) is 0.800. The van der Waals surface area contributed by atoms with E-state index in [1.54, 1.807) is 6.92 Å². The van der Waals surface area contributed by atoms with Gasteiger partial charge in [-0.15, -0.1) is 0 Å². The summed E-state index contributed by atoms with van der Waals surface area (Å²) in [5.41, 5.74) is -0.755. The Morgan fingerprint density at radius 1 is 1.33 bits per heavy atom. The third-order valence-electron chi connectivity index (χ3n) is 2.11. The highest BCUT2D eigenvalue weighted by Crippen LogP contribution is 2.23. The predicted octanol–water partition coefficient (Wildman–Crippen LogP) is 2.22. The van der Waals surface area contributed by atoms with Crippen LogP contribution in [0.1, 0.15) is 40.0 Å². The highest BCUT2D eigenvalue weighted by molar-refractivity contribution is 5.82. The van der Waals surface area contributed by atoms with E-state index in [-0.39, 0.29) is 0 Å². The fourth-order valence-electron chi connectivity index (χ4n) is 1.47. The molecule has 0 amide bonds. The third kappa shape index (κ3) is 3.65. The minimum atomic E-state index is -0.755. The second-order valence-electron chi connectivity index (χ2n) is 3.84. The zero-order chi connectivity index (χ0) is 9.61. The molecule has 0 aliphatic heterocycles. The van der Waals surface area contributed by atoms with Crippen molar-refractivity contribution in [1.82, 2.24) is 0 Å². The van der Waals surface area contributed by atoms with Crippen LogP contribution in [-0.4, -0.2) is 12.6 Å². The van der Waals surface area contributed by atoms with Gasteiger partial charge in [0.05, 0.1) is 5.41 Å². The Kier molecular flexibility index (Phi) is 4.79. The molecule has 0 saturated heterocycles. The number of hydrogen-bond donors (Lipinski definition) is 0. The highest BCUT2D eigenvalue weighted by atomic mass is 16.1. The molecule has 0 fully saturated rings. The number of aldehydes is 2. The van der Waals surface area contributed by atoms with Crippen LogP contribution < -0.4 is 0 Å². The average molecular weight is 170 g/mol. The molecule has 0 unspecified atom stereocenters. The third-order valence-corrected chi connectivity index (χ3v) is 2.11. The van der Waals surface area contributed by atoms with E-state index in [0.717, 1.165) is 25.4 Å². The molecule has 0 radical (unpaired) electrons. The maximum absolute atomic E-state index is 10.6. The largest absolute Gasteiger partial charge is 0.302 e. The van der Waals surface area contributed by atoms with Crippen LogP contribution in [0.25, 0.3) is 0 Å². The van der Waals surface area contributed by atoms with Gasteiger partial charge in [-0.3, -0.25) is 0 Å². The van der Waals surface area contributed by atoms with Crippen LogP contribution >= 0.6 is 0 Å². The van der Waals surface area contributed by atoms with E-state index < -0.39 is 5.41 Å². The van der Waals surface area contributed by atoms with Crippen molar-refractivity contribution in [2.45, 2.75) is 40.0 Å². The molecule has 0 aliphatic rings. The lowest BCUT2D eigenvalue weighted by Gasteiger charge is -2.19. The molecule has 12 heavy (non-hydrogen) atoms. The first-order chi connectivity index (χ1) is 5.58. The Morgan fingerprint density at radius 2 is 1.83 bits per heavy atom. The quantitative estimate of drug-likeness (QED) is 0.452. The Bertz CT molecular complexity index is 144. The number of hydrogen-bond acceptors (Lipinski definition) is 2. The van der Waals surface area contributed by atoms with Crippen molar-refractivity contribution in [3.05, 3.63) is 0 Å². The van der Waals surface area contributed by atoms with Gasteiger partial charge in [0.25, 0.3) is 0 Å². The number of rotatable bonds is 6. The van der Waals surface area contributed by atoms with Crippen molar-refractivity contribution >= 4 is 12.6 Å². The second kappa shape index (κ2) is 5.07. The van der Waals surface area contributed by atoms with Crippen LogP contribution in [0.5, 0.6) is 0 Å². The van der Waals surface area contributed by atoms with Gasteiger partial charge in [0.1, 0.15) is 12.6 Å². The molecule has 1 atom stereocenters. The lowest BCUT2D eigenvalue weighted by atomic mass is 9.83. The van der Waals surface area contributed by atoms with Crippen LogP contribution in [0, 0.1) is 11.3 Å². The first-order valence-electron chi connectivity index (χ1n) is 4.50. The van der Waals surface area contributed by atoms with Crippen molar-refractivity contribution in [1.29, 1.82) is 0 Å².